The van der Waals surface area contributed by atoms with E-state index in [0.29, 0.717) is 0 Å². The van der Waals surface area contributed by atoms with Gasteiger partial charge in [0.25, 0.3) is 0 Å². The molecule has 0 saturated heterocycles. The molecule has 0 rings (SSSR count). The Morgan fingerprint density at radius 2 is 0.800 bits per heavy atom. The Bertz CT molecular complexity index is 7.61. The molecule has 0 amide bonds. The van der Waals surface area contributed by atoms with Gasteiger partial charge in [-0.1, -0.05) is 0 Å². The first-order valence-electron chi connectivity index (χ1n) is 0.200. The molecule has 5 heteroatoms. The normalized spacial score (nSPS) is 1.20. The minimum Gasteiger partial charge on any atom is -0.255 e. The van der Waals surface area contributed by atoms with Gasteiger partial charge in [-0.3, -0.25) is 10.5 Å². The molecule has 5 heavy (non-hydrogen) atoms. The number of rotatable bonds is 0. The van der Waals surface area contributed by atoms with E-state index in [1.807, 2.05) is 0 Å². The summed E-state index contributed by atoms with van der Waals surface area (Å²) >= 11 is 0. The average Bonchev–Trinajstić information content (AvgIpc) is 1.00. The third-order valence-electron chi connectivity index (χ3n) is 0. The van der Waals surface area contributed by atoms with Crippen molar-refractivity contribution in [3.05, 3.63) is 0 Å². The molecule has 0 aliphatic heterocycles. The molecular formula is H2MnO2Zn2. The summed E-state index contributed by atoms with van der Waals surface area (Å²) < 4.78 is 0. The molecule has 0 aliphatic rings. The Morgan fingerprint density at radius 3 is 0.800 bits per heavy atom. The van der Waals surface area contributed by atoms with Gasteiger partial charge in [-0.05, 0) is 0 Å². The molecule has 0 spiro atoms. The van der Waals surface area contributed by atoms with Crippen molar-refractivity contribution in [3.63, 3.8) is 0 Å². The van der Waals surface area contributed by atoms with E-state index in [1.54, 1.807) is 0 Å². The molecule has 2 nitrogen and oxygen atoms in total. The van der Waals surface area contributed by atoms with E-state index in [1.165, 1.54) is 0 Å². The van der Waals surface area contributed by atoms with Crippen molar-refractivity contribution in [1.29, 1.82) is 0 Å². The van der Waals surface area contributed by atoms with Gasteiger partial charge in [0.2, 0.25) is 0 Å². The maximum atomic E-state index is 6.00. The van der Waals surface area contributed by atoms with Crippen molar-refractivity contribution in [2.24, 2.45) is 0 Å². The van der Waals surface area contributed by atoms with Crippen LogP contribution in [0, 0.1) is 0 Å². The van der Waals surface area contributed by atoms with Crippen LogP contribution in [0.2, 0.25) is 0 Å². The number of hydrogen-bond acceptors (Lipinski definition) is 2. The Kier molecular flexibility index (Phi) is 263. The first kappa shape index (κ1) is 30.0. The first-order valence-corrected chi connectivity index (χ1v) is 0.200. The molecule has 0 heterocycles. The van der Waals surface area contributed by atoms with E-state index in [2.05, 4.69) is 0 Å². The van der Waals surface area contributed by atoms with Gasteiger partial charge in [-0.15, -0.1) is 0 Å². The van der Waals surface area contributed by atoms with Gasteiger partial charge in [0.05, 0.1) is 0 Å². The van der Waals surface area contributed by atoms with Crippen LogP contribution in [0.15, 0.2) is 0 Å². The summed E-state index contributed by atoms with van der Waals surface area (Å²) in [6.45, 7) is 0. The van der Waals surface area contributed by atoms with Crippen LogP contribution in [0.25, 0.3) is 0 Å². The van der Waals surface area contributed by atoms with Crippen LogP contribution in [0.5, 0.6) is 0 Å². The van der Waals surface area contributed by atoms with Crippen LogP contribution in [0.1, 0.15) is 0 Å². The fraction of sp³-hybridized carbons (Fsp3) is 0. The largest absolute Gasteiger partial charge is 0.255 e. The van der Waals surface area contributed by atoms with E-state index < -0.39 is 0 Å². The quantitative estimate of drug-likeness (QED) is 0.342. The average molecular weight is 220 g/mol. The predicted molar refractivity (Wildman–Crippen MR) is 5.26 cm³/mol. The van der Waals surface area contributed by atoms with Gasteiger partial charge in [-0.25, -0.2) is 0 Å². The van der Waals surface area contributed by atoms with Crippen LogP contribution < -0.4 is 0 Å². The van der Waals surface area contributed by atoms with E-state index in [4.69, 9.17) is 10.5 Å². The summed E-state index contributed by atoms with van der Waals surface area (Å²) in [6, 6.07) is 0. The molecule has 0 bridgehead atoms. The first-order chi connectivity index (χ1) is 1.00. The fourth-order valence-electron chi connectivity index (χ4n) is 0. The molecule has 0 unspecified atom stereocenters. The zero-order valence-electron chi connectivity index (χ0n) is 2.69. The molecule has 1 radical (unpaired) electrons. The van der Waals surface area contributed by atoms with Crippen LogP contribution >= 0.6 is 0 Å². The molecule has 0 atom stereocenters. The van der Waals surface area contributed by atoms with Crippen molar-refractivity contribution >= 4 is 0 Å². The maximum absolute atomic E-state index is 6.00. The predicted octanol–water partition coefficient (Wildman–Crippen LogP) is 0.00990. The molecule has 0 aliphatic carbocycles. The van der Waals surface area contributed by atoms with Crippen molar-refractivity contribution < 1.29 is 66.5 Å². The SMILES string of the molecule is OO.[Mn].[Zn].[Zn]. The van der Waals surface area contributed by atoms with Gasteiger partial charge in [0.1, 0.15) is 0 Å². The Labute approximate surface area is 66.3 Å². The summed E-state index contributed by atoms with van der Waals surface area (Å²) in [4.78, 5) is 0. The maximum Gasteiger partial charge on any atom is 0 e. The van der Waals surface area contributed by atoms with Gasteiger partial charge in [0, 0.05) is 56.0 Å². The standard InChI is InChI=1S/Mn.H2O2.2Zn/c;1-2;;/h;1-2H;;. The topological polar surface area (TPSA) is 40.5 Å². The fourth-order valence-corrected chi connectivity index (χ4v) is 0. The van der Waals surface area contributed by atoms with E-state index >= 15 is 0 Å². The van der Waals surface area contributed by atoms with Crippen molar-refractivity contribution in [2.45, 2.75) is 0 Å². The summed E-state index contributed by atoms with van der Waals surface area (Å²) in [5.74, 6) is 0. The molecule has 0 aromatic carbocycles. The summed E-state index contributed by atoms with van der Waals surface area (Å²) in [5, 5.41) is 12.0. The molecule has 0 aromatic rings. The van der Waals surface area contributed by atoms with Crippen LogP contribution in [-0.4, -0.2) is 10.5 Å². The van der Waals surface area contributed by atoms with E-state index in [0.717, 1.165) is 0 Å². The molecule has 0 fully saturated rings. The molecule has 2 N–H and O–H groups in total. The molecule has 25 valence electrons. The monoisotopic (exact) mass is 217 g/mol. The summed E-state index contributed by atoms with van der Waals surface area (Å²) in [6.07, 6.45) is 0. The number of hydrogen-bond donors (Lipinski definition) is 2. The van der Waals surface area contributed by atoms with Gasteiger partial charge < -0.3 is 0 Å². The Morgan fingerprint density at radius 1 is 0.800 bits per heavy atom. The van der Waals surface area contributed by atoms with Crippen molar-refractivity contribution in [1.82, 2.24) is 0 Å². The van der Waals surface area contributed by atoms with E-state index in [9.17, 15) is 0 Å². The Balaban J connectivity index is -0.00000000167. The van der Waals surface area contributed by atoms with Crippen LogP contribution in [0.3, 0.4) is 0 Å². The van der Waals surface area contributed by atoms with Crippen molar-refractivity contribution in [3.8, 4) is 0 Å². The molecule has 0 saturated carbocycles. The van der Waals surface area contributed by atoms with Gasteiger partial charge >= 0.3 is 0 Å². The second-order valence-corrected chi connectivity index (χ2v) is 0. The van der Waals surface area contributed by atoms with Gasteiger partial charge in [-0.2, -0.15) is 0 Å². The van der Waals surface area contributed by atoms with Crippen LogP contribution in [0.4, 0.5) is 0 Å². The molecular weight excluding hydrogens is 218 g/mol. The van der Waals surface area contributed by atoms with Crippen LogP contribution in [-0.2, 0) is 56.0 Å². The summed E-state index contributed by atoms with van der Waals surface area (Å²) in [5.41, 5.74) is 0. The second-order valence-electron chi connectivity index (χ2n) is 0. The Hall–Kier alpha value is 1.69. The zero-order valence-corrected chi connectivity index (χ0v) is 9.80. The van der Waals surface area contributed by atoms with Gasteiger partial charge in [0.15, 0.2) is 0 Å². The third kappa shape index (κ3) is 27.2. The smallest absolute Gasteiger partial charge is 0 e. The molecule has 0 aromatic heterocycles. The minimum atomic E-state index is 0. The summed E-state index contributed by atoms with van der Waals surface area (Å²) in [7, 11) is 0. The van der Waals surface area contributed by atoms with E-state index in [-0.39, 0.29) is 56.0 Å². The van der Waals surface area contributed by atoms with Crippen molar-refractivity contribution in [2.75, 3.05) is 0 Å². The zero-order chi connectivity index (χ0) is 2.00. The minimum absolute atomic E-state index is 0. The third-order valence-corrected chi connectivity index (χ3v) is 0. The second kappa shape index (κ2) is 43.9.